The molecular formula is C14H22ClNO3. The fourth-order valence-electron chi connectivity index (χ4n) is 1.74. The Hall–Kier alpha value is -0.970. The second-order valence-electron chi connectivity index (χ2n) is 4.35. The van der Waals surface area contributed by atoms with Crippen molar-refractivity contribution in [1.29, 1.82) is 0 Å². The quantitative estimate of drug-likeness (QED) is 0.798. The smallest absolute Gasteiger partial charge is 0.180 e. The summed E-state index contributed by atoms with van der Waals surface area (Å²) < 4.78 is 16.2. The first-order chi connectivity index (χ1) is 9.12. The molecule has 0 fully saturated rings. The summed E-state index contributed by atoms with van der Waals surface area (Å²) >= 11 is 6.26. The fourth-order valence-corrected chi connectivity index (χ4v) is 2.02. The van der Waals surface area contributed by atoms with Crippen molar-refractivity contribution < 1.29 is 14.2 Å². The Bertz CT molecular complexity index is 399. The largest absolute Gasteiger partial charge is 0.493 e. The van der Waals surface area contributed by atoms with Crippen molar-refractivity contribution in [2.45, 2.75) is 26.0 Å². The van der Waals surface area contributed by atoms with Gasteiger partial charge in [0.15, 0.2) is 11.5 Å². The molecule has 1 atom stereocenters. The van der Waals surface area contributed by atoms with Crippen LogP contribution < -0.4 is 14.8 Å². The van der Waals surface area contributed by atoms with E-state index in [1.807, 2.05) is 26.1 Å². The average Bonchev–Trinajstić information content (AvgIpc) is 2.39. The predicted molar refractivity (Wildman–Crippen MR) is 77.4 cm³/mol. The van der Waals surface area contributed by atoms with Crippen molar-refractivity contribution in [2.24, 2.45) is 0 Å². The molecule has 0 amide bonds. The highest BCUT2D eigenvalue weighted by Crippen LogP contribution is 2.37. The molecule has 1 aromatic carbocycles. The molecule has 0 bridgehead atoms. The van der Waals surface area contributed by atoms with E-state index in [1.54, 1.807) is 14.2 Å². The number of benzene rings is 1. The second kappa shape index (κ2) is 8.25. The Morgan fingerprint density at radius 3 is 2.63 bits per heavy atom. The van der Waals surface area contributed by atoms with Crippen molar-refractivity contribution in [3.8, 4) is 11.5 Å². The Morgan fingerprint density at radius 1 is 1.32 bits per heavy atom. The molecule has 0 heterocycles. The van der Waals surface area contributed by atoms with E-state index in [0.717, 1.165) is 18.5 Å². The van der Waals surface area contributed by atoms with Gasteiger partial charge in [-0.25, -0.2) is 0 Å². The van der Waals surface area contributed by atoms with Gasteiger partial charge in [-0.15, -0.1) is 0 Å². The Labute approximate surface area is 120 Å². The van der Waals surface area contributed by atoms with Crippen LogP contribution in [0.5, 0.6) is 11.5 Å². The lowest BCUT2D eigenvalue weighted by Gasteiger charge is -2.18. The van der Waals surface area contributed by atoms with Crippen LogP contribution in [-0.2, 0) is 11.3 Å². The lowest BCUT2D eigenvalue weighted by Crippen LogP contribution is -2.15. The minimum atomic E-state index is 0.0153. The van der Waals surface area contributed by atoms with E-state index < -0.39 is 0 Å². The molecule has 1 unspecified atom stereocenters. The Balaban J connectivity index is 2.87. The van der Waals surface area contributed by atoms with Crippen LogP contribution >= 0.6 is 11.6 Å². The molecule has 0 spiro atoms. The highest BCUT2D eigenvalue weighted by Gasteiger charge is 2.14. The van der Waals surface area contributed by atoms with Crippen molar-refractivity contribution in [3.05, 3.63) is 22.7 Å². The first-order valence-electron chi connectivity index (χ1n) is 6.29. The topological polar surface area (TPSA) is 39.7 Å². The third kappa shape index (κ3) is 4.90. The average molecular weight is 288 g/mol. The fraction of sp³-hybridized carbons (Fsp3) is 0.571. The number of hydrogen-bond acceptors (Lipinski definition) is 4. The van der Waals surface area contributed by atoms with Gasteiger partial charge < -0.3 is 19.5 Å². The maximum Gasteiger partial charge on any atom is 0.180 e. The zero-order valence-electron chi connectivity index (χ0n) is 12.0. The van der Waals surface area contributed by atoms with Gasteiger partial charge in [-0.05, 0) is 31.7 Å². The van der Waals surface area contributed by atoms with E-state index >= 15 is 0 Å². The molecule has 4 nitrogen and oxygen atoms in total. The number of nitrogens with one attached hydrogen (secondary N) is 1. The normalized spacial score (nSPS) is 12.3. The van der Waals surface area contributed by atoms with Crippen LogP contribution in [0, 0.1) is 0 Å². The summed E-state index contributed by atoms with van der Waals surface area (Å²) in [6, 6.07) is 3.82. The molecule has 108 valence electrons. The van der Waals surface area contributed by atoms with Crippen LogP contribution in [0.3, 0.4) is 0 Å². The summed E-state index contributed by atoms with van der Waals surface area (Å²) in [5.74, 6) is 1.25. The minimum absolute atomic E-state index is 0.0153. The summed E-state index contributed by atoms with van der Waals surface area (Å²) in [7, 11) is 5.17. The lowest BCUT2D eigenvalue weighted by atomic mass is 10.2. The summed E-state index contributed by atoms with van der Waals surface area (Å²) in [5.41, 5.74) is 1.06. The summed E-state index contributed by atoms with van der Waals surface area (Å²) in [5, 5.41) is 3.64. The van der Waals surface area contributed by atoms with Gasteiger partial charge in [-0.2, -0.15) is 0 Å². The first kappa shape index (κ1) is 16.1. The molecule has 19 heavy (non-hydrogen) atoms. The van der Waals surface area contributed by atoms with Gasteiger partial charge in [-0.1, -0.05) is 11.6 Å². The highest BCUT2D eigenvalue weighted by atomic mass is 35.5. The molecule has 1 N–H and O–H groups in total. The van der Waals surface area contributed by atoms with E-state index in [9.17, 15) is 0 Å². The minimum Gasteiger partial charge on any atom is -0.493 e. The highest BCUT2D eigenvalue weighted by molar-refractivity contribution is 6.32. The van der Waals surface area contributed by atoms with Crippen molar-refractivity contribution >= 4 is 11.6 Å². The first-order valence-corrected chi connectivity index (χ1v) is 6.66. The van der Waals surface area contributed by atoms with Gasteiger partial charge in [0, 0.05) is 26.7 Å². The molecule has 0 aliphatic carbocycles. The molecule has 1 aromatic rings. The Morgan fingerprint density at radius 2 is 2.05 bits per heavy atom. The van der Waals surface area contributed by atoms with Gasteiger partial charge in [0.05, 0.1) is 18.2 Å². The van der Waals surface area contributed by atoms with Crippen LogP contribution in [0.4, 0.5) is 0 Å². The van der Waals surface area contributed by atoms with Crippen LogP contribution in [0.1, 0.15) is 18.9 Å². The number of rotatable bonds is 8. The maximum atomic E-state index is 6.26. The number of ether oxygens (including phenoxy) is 3. The molecular weight excluding hydrogens is 266 g/mol. The molecule has 0 aliphatic rings. The number of halogens is 1. The molecule has 0 radical (unpaired) electrons. The molecule has 0 saturated heterocycles. The van der Waals surface area contributed by atoms with E-state index in [0.29, 0.717) is 23.1 Å². The van der Waals surface area contributed by atoms with E-state index in [2.05, 4.69) is 5.32 Å². The zero-order valence-corrected chi connectivity index (χ0v) is 12.7. The standard InChI is InChI=1S/C14H22ClNO3/c1-10(5-6-17-3)19-14-12(15)7-11(9-16-2)8-13(14)18-4/h7-8,10,16H,5-6,9H2,1-4H3. The second-order valence-corrected chi connectivity index (χ2v) is 4.76. The summed E-state index contributed by atoms with van der Waals surface area (Å²) in [6.45, 7) is 3.37. The van der Waals surface area contributed by atoms with Gasteiger partial charge >= 0.3 is 0 Å². The van der Waals surface area contributed by atoms with Gasteiger partial charge in [0.2, 0.25) is 0 Å². The zero-order chi connectivity index (χ0) is 14.3. The number of methoxy groups -OCH3 is 2. The van der Waals surface area contributed by atoms with E-state index in [4.69, 9.17) is 25.8 Å². The van der Waals surface area contributed by atoms with Gasteiger partial charge in [0.25, 0.3) is 0 Å². The predicted octanol–water partition coefficient (Wildman–Crippen LogP) is 2.87. The van der Waals surface area contributed by atoms with Crippen LogP contribution in [0.15, 0.2) is 12.1 Å². The molecule has 0 aromatic heterocycles. The third-order valence-electron chi connectivity index (χ3n) is 2.72. The Kier molecular flexibility index (Phi) is 6.99. The molecule has 0 saturated carbocycles. The molecule has 1 rings (SSSR count). The molecule has 0 aliphatic heterocycles. The van der Waals surface area contributed by atoms with Gasteiger partial charge in [-0.3, -0.25) is 0 Å². The summed E-state index contributed by atoms with van der Waals surface area (Å²) in [6.07, 6.45) is 0.815. The van der Waals surface area contributed by atoms with Gasteiger partial charge in [0.1, 0.15) is 0 Å². The van der Waals surface area contributed by atoms with Crippen LogP contribution in [0.2, 0.25) is 5.02 Å². The molecule has 5 heteroatoms. The van der Waals surface area contributed by atoms with Crippen LogP contribution in [-0.4, -0.2) is 34.0 Å². The third-order valence-corrected chi connectivity index (χ3v) is 3.00. The van der Waals surface area contributed by atoms with Crippen molar-refractivity contribution in [3.63, 3.8) is 0 Å². The maximum absolute atomic E-state index is 6.26. The van der Waals surface area contributed by atoms with E-state index in [-0.39, 0.29) is 6.10 Å². The van der Waals surface area contributed by atoms with Crippen molar-refractivity contribution in [1.82, 2.24) is 5.32 Å². The number of hydrogen-bond donors (Lipinski definition) is 1. The lowest BCUT2D eigenvalue weighted by molar-refractivity contribution is 0.133. The van der Waals surface area contributed by atoms with E-state index in [1.165, 1.54) is 0 Å². The monoisotopic (exact) mass is 287 g/mol. The van der Waals surface area contributed by atoms with Crippen LogP contribution in [0.25, 0.3) is 0 Å². The summed E-state index contributed by atoms with van der Waals surface area (Å²) in [4.78, 5) is 0. The van der Waals surface area contributed by atoms with Crippen molar-refractivity contribution in [2.75, 3.05) is 27.9 Å². The SMILES string of the molecule is CNCc1cc(Cl)c(OC(C)CCOC)c(OC)c1.